The quantitative estimate of drug-likeness (QED) is 0.802. The van der Waals surface area contributed by atoms with Crippen LogP contribution in [0.1, 0.15) is 33.6 Å². The highest BCUT2D eigenvalue weighted by Crippen LogP contribution is 2.34. The van der Waals surface area contributed by atoms with Gasteiger partial charge in [-0.3, -0.25) is 5.43 Å². The fourth-order valence-electron chi connectivity index (χ4n) is 2.81. The Morgan fingerprint density at radius 3 is 2.80 bits per heavy atom. The molecular weight excluding hydrogens is 266 g/mol. The fraction of sp³-hybridized carbons (Fsp3) is 0.375. The van der Waals surface area contributed by atoms with Crippen LogP contribution in [0.4, 0.5) is 5.13 Å². The number of aromatic nitrogens is 1. The van der Waals surface area contributed by atoms with Crippen molar-refractivity contribution in [3.8, 4) is 0 Å². The number of nitrogens with one attached hydrogen (secondary N) is 1. The lowest BCUT2D eigenvalue weighted by atomic mass is 9.77. The van der Waals surface area contributed by atoms with Gasteiger partial charge >= 0.3 is 0 Å². The lowest BCUT2D eigenvalue weighted by molar-refractivity contribution is 0.373. The zero-order valence-corrected chi connectivity index (χ0v) is 12.9. The normalized spacial score (nSPS) is 20.1. The molecule has 0 atom stereocenters. The van der Waals surface area contributed by atoms with Crippen LogP contribution in [-0.4, -0.2) is 10.7 Å². The standard InChI is InChI=1S/C16H19N3S/c1-11-8-12(10-16(2,3)9-11)18-19-15-17-13-6-4-5-7-14(13)20-15/h4-8H,9-10H2,1-3H3,(H,17,19)/b18-12+. The first-order chi connectivity index (χ1) is 9.52. The lowest BCUT2D eigenvalue weighted by Gasteiger charge is -2.29. The first-order valence-electron chi connectivity index (χ1n) is 6.87. The van der Waals surface area contributed by atoms with Gasteiger partial charge < -0.3 is 0 Å². The average Bonchev–Trinajstić information content (AvgIpc) is 2.76. The molecule has 3 rings (SSSR count). The largest absolute Gasteiger partial charge is 0.252 e. The van der Waals surface area contributed by atoms with E-state index in [0.717, 1.165) is 29.2 Å². The van der Waals surface area contributed by atoms with E-state index in [-0.39, 0.29) is 0 Å². The topological polar surface area (TPSA) is 37.3 Å². The summed E-state index contributed by atoms with van der Waals surface area (Å²) < 4.78 is 1.19. The third-order valence-corrected chi connectivity index (χ3v) is 4.36. The summed E-state index contributed by atoms with van der Waals surface area (Å²) in [4.78, 5) is 4.53. The Morgan fingerprint density at radius 1 is 1.25 bits per heavy atom. The number of nitrogens with zero attached hydrogens (tertiary/aromatic N) is 2. The second-order valence-corrected chi connectivity index (χ2v) is 7.24. The minimum atomic E-state index is 0.299. The van der Waals surface area contributed by atoms with Crippen LogP contribution >= 0.6 is 11.3 Å². The van der Waals surface area contributed by atoms with Gasteiger partial charge in [0.2, 0.25) is 5.13 Å². The highest BCUT2D eigenvalue weighted by Gasteiger charge is 2.24. The SMILES string of the molecule is CC1=C/C(=N\Nc2nc3ccccc3s2)CC(C)(C)C1. The van der Waals surface area contributed by atoms with E-state index in [9.17, 15) is 0 Å². The molecule has 1 aliphatic rings. The predicted molar refractivity (Wildman–Crippen MR) is 87.4 cm³/mol. The summed E-state index contributed by atoms with van der Waals surface area (Å²) in [6.07, 6.45) is 4.33. The Bertz CT molecular complexity index is 662. The molecule has 3 nitrogen and oxygen atoms in total. The van der Waals surface area contributed by atoms with Crippen LogP contribution in [0.3, 0.4) is 0 Å². The number of para-hydroxylation sites is 1. The van der Waals surface area contributed by atoms with Crippen molar-refractivity contribution in [2.75, 3.05) is 5.43 Å². The van der Waals surface area contributed by atoms with Gasteiger partial charge in [-0.15, -0.1) is 0 Å². The molecule has 0 amide bonds. The molecular formula is C16H19N3S. The Balaban J connectivity index is 1.81. The number of hydrogen-bond acceptors (Lipinski definition) is 4. The van der Waals surface area contributed by atoms with Crippen LogP contribution in [-0.2, 0) is 0 Å². The number of hydrogen-bond donors (Lipinski definition) is 1. The second-order valence-electron chi connectivity index (χ2n) is 6.21. The molecule has 0 spiro atoms. The van der Waals surface area contributed by atoms with Crippen LogP contribution in [0, 0.1) is 5.41 Å². The number of allylic oxidation sites excluding steroid dienone is 2. The van der Waals surface area contributed by atoms with Crippen LogP contribution in [0.25, 0.3) is 10.2 Å². The number of fused-ring (bicyclic) bond motifs is 1. The molecule has 1 aromatic carbocycles. The Labute approximate surface area is 123 Å². The summed E-state index contributed by atoms with van der Waals surface area (Å²) in [6, 6.07) is 8.15. The van der Waals surface area contributed by atoms with Gasteiger partial charge in [0.1, 0.15) is 0 Å². The highest BCUT2D eigenvalue weighted by atomic mass is 32.1. The van der Waals surface area contributed by atoms with Crippen molar-refractivity contribution in [2.24, 2.45) is 10.5 Å². The molecule has 0 saturated carbocycles. The van der Waals surface area contributed by atoms with E-state index in [1.807, 2.05) is 18.2 Å². The predicted octanol–water partition coefficient (Wildman–Crippen LogP) is 4.83. The molecule has 1 heterocycles. The van der Waals surface area contributed by atoms with Gasteiger partial charge in [-0.05, 0) is 43.4 Å². The van der Waals surface area contributed by atoms with Crippen molar-refractivity contribution in [1.29, 1.82) is 0 Å². The summed E-state index contributed by atoms with van der Waals surface area (Å²) in [5, 5.41) is 5.39. The molecule has 20 heavy (non-hydrogen) atoms. The lowest BCUT2D eigenvalue weighted by Crippen LogP contribution is -2.21. The summed E-state index contributed by atoms with van der Waals surface area (Å²) in [5.41, 5.74) is 6.94. The van der Waals surface area contributed by atoms with Gasteiger partial charge in [-0.2, -0.15) is 5.10 Å². The van der Waals surface area contributed by atoms with Gasteiger partial charge in [0.25, 0.3) is 0 Å². The molecule has 1 aromatic heterocycles. The monoisotopic (exact) mass is 285 g/mol. The summed E-state index contributed by atoms with van der Waals surface area (Å²) >= 11 is 1.64. The fourth-order valence-corrected chi connectivity index (χ4v) is 3.61. The summed E-state index contributed by atoms with van der Waals surface area (Å²) in [7, 11) is 0. The molecule has 0 radical (unpaired) electrons. The second kappa shape index (κ2) is 5.02. The maximum Gasteiger partial charge on any atom is 0.204 e. The van der Waals surface area contributed by atoms with E-state index >= 15 is 0 Å². The zero-order valence-electron chi connectivity index (χ0n) is 12.1. The van der Waals surface area contributed by atoms with Crippen molar-refractivity contribution >= 4 is 32.4 Å². The summed E-state index contributed by atoms with van der Waals surface area (Å²) in [6.45, 7) is 6.75. The first-order valence-corrected chi connectivity index (χ1v) is 7.69. The number of rotatable bonds is 2. The Morgan fingerprint density at radius 2 is 2.05 bits per heavy atom. The average molecular weight is 285 g/mol. The molecule has 1 N–H and O–H groups in total. The third kappa shape index (κ3) is 2.90. The first kappa shape index (κ1) is 13.3. The smallest absolute Gasteiger partial charge is 0.204 e. The Hall–Kier alpha value is -1.68. The minimum Gasteiger partial charge on any atom is -0.252 e. The molecule has 0 bridgehead atoms. The van der Waals surface area contributed by atoms with E-state index in [1.165, 1.54) is 10.3 Å². The number of anilines is 1. The van der Waals surface area contributed by atoms with Gasteiger partial charge in [0, 0.05) is 0 Å². The molecule has 4 heteroatoms. The van der Waals surface area contributed by atoms with Gasteiger partial charge in [-0.25, -0.2) is 4.98 Å². The van der Waals surface area contributed by atoms with Crippen LogP contribution in [0.15, 0.2) is 41.0 Å². The zero-order chi connectivity index (χ0) is 14.2. The molecule has 104 valence electrons. The van der Waals surface area contributed by atoms with E-state index < -0.39 is 0 Å². The van der Waals surface area contributed by atoms with Crippen molar-refractivity contribution in [3.63, 3.8) is 0 Å². The molecule has 0 saturated heterocycles. The van der Waals surface area contributed by atoms with E-state index in [4.69, 9.17) is 0 Å². The van der Waals surface area contributed by atoms with E-state index in [0.29, 0.717) is 5.41 Å². The number of hydrazone groups is 1. The maximum absolute atomic E-state index is 4.53. The van der Waals surface area contributed by atoms with Crippen LogP contribution in [0.2, 0.25) is 0 Å². The maximum atomic E-state index is 4.53. The van der Waals surface area contributed by atoms with Crippen molar-refractivity contribution in [1.82, 2.24) is 4.98 Å². The van der Waals surface area contributed by atoms with Gasteiger partial charge in [0.05, 0.1) is 15.9 Å². The Kier molecular flexibility index (Phi) is 3.34. The third-order valence-electron chi connectivity index (χ3n) is 3.42. The van der Waals surface area contributed by atoms with Gasteiger partial charge in [0.15, 0.2) is 0 Å². The minimum absolute atomic E-state index is 0.299. The molecule has 2 aromatic rings. The van der Waals surface area contributed by atoms with E-state index in [1.54, 1.807) is 11.3 Å². The van der Waals surface area contributed by atoms with Crippen molar-refractivity contribution < 1.29 is 0 Å². The number of benzene rings is 1. The number of thiazole rings is 1. The molecule has 1 aliphatic carbocycles. The molecule has 0 unspecified atom stereocenters. The van der Waals surface area contributed by atoms with Crippen LogP contribution in [0.5, 0.6) is 0 Å². The van der Waals surface area contributed by atoms with Crippen molar-refractivity contribution in [2.45, 2.75) is 33.6 Å². The van der Waals surface area contributed by atoms with E-state index in [2.05, 4.69) is 48.4 Å². The van der Waals surface area contributed by atoms with Gasteiger partial charge in [-0.1, -0.05) is 42.9 Å². The van der Waals surface area contributed by atoms with Crippen LogP contribution < -0.4 is 5.43 Å². The molecule has 0 aliphatic heterocycles. The van der Waals surface area contributed by atoms with Crippen molar-refractivity contribution in [3.05, 3.63) is 35.9 Å². The highest BCUT2D eigenvalue weighted by molar-refractivity contribution is 7.22. The molecule has 0 fully saturated rings. The summed E-state index contributed by atoms with van der Waals surface area (Å²) in [5.74, 6) is 0.